The van der Waals surface area contributed by atoms with Crippen molar-refractivity contribution in [2.45, 2.75) is 37.8 Å². The van der Waals surface area contributed by atoms with Gasteiger partial charge in [0.15, 0.2) is 11.4 Å². The predicted molar refractivity (Wildman–Crippen MR) is 115 cm³/mol. The molecule has 29 heavy (non-hydrogen) atoms. The number of fused-ring (bicyclic) bond motifs is 1. The second-order valence-corrected chi connectivity index (χ2v) is 8.26. The van der Waals surface area contributed by atoms with Gasteiger partial charge in [0.1, 0.15) is 0 Å². The number of hydrogen-bond donors (Lipinski definition) is 2. The van der Waals surface area contributed by atoms with E-state index >= 15 is 0 Å². The van der Waals surface area contributed by atoms with Crippen molar-refractivity contribution in [1.29, 1.82) is 0 Å². The lowest BCUT2D eigenvalue weighted by atomic mass is 9.84. The number of hydrogen-bond acceptors (Lipinski definition) is 4. The molecule has 0 bridgehead atoms. The molecule has 1 heterocycles. The Morgan fingerprint density at radius 2 is 1.90 bits per heavy atom. The first-order valence-electron chi connectivity index (χ1n) is 9.38. The van der Waals surface area contributed by atoms with Crippen LogP contribution in [0.2, 0.25) is 0 Å². The molecule has 0 spiro atoms. The number of rotatable bonds is 6. The summed E-state index contributed by atoms with van der Waals surface area (Å²) < 4.78 is 25.5. The number of imidazole rings is 1. The van der Waals surface area contributed by atoms with E-state index in [0.717, 1.165) is 0 Å². The fourth-order valence-electron chi connectivity index (χ4n) is 3.59. The van der Waals surface area contributed by atoms with Crippen LogP contribution < -0.4 is 5.14 Å². The third kappa shape index (κ3) is 3.64. The largest absolute Gasteiger partial charge is 0.373 e. The zero-order chi connectivity index (χ0) is 21.2. The molecule has 152 valence electrons. The average molecular weight is 412 g/mol. The van der Waals surface area contributed by atoms with Crippen LogP contribution in [-0.2, 0) is 22.2 Å². The van der Waals surface area contributed by atoms with Crippen LogP contribution in [0.5, 0.6) is 0 Å². The molecule has 0 fully saturated rings. The van der Waals surface area contributed by atoms with Crippen molar-refractivity contribution in [3.63, 3.8) is 0 Å². The Hall–Kier alpha value is -2.74. The summed E-state index contributed by atoms with van der Waals surface area (Å²) in [7, 11) is -3.85. The van der Waals surface area contributed by atoms with Gasteiger partial charge in [0.25, 0.3) is 0 Å². The van der Waals surface area contributed by atoms with E-state index in [9.17, 15) is 13.5 Å². The van der Waals surface area contributed by atoms with Crippen molar-refractivity contribution in [3.8, 4) is 0 Å². The topological polar surface area (TPSA) is 98.2 Å². The van der Waals surface area contributed by atoms with Crippen LogP contribution in [0.1, 0.15) is 32.2 Å². The first-order valence-corrected chi connectivity index (χ1v) is 10.9. The van der Waals surface area contributed by atoms with Crippen LogP contribution >= 0.6 is 0 Å². The molecule has 0 aliphatic carbocycles. The highest BCUT2D eigenvalue weighted by Crippen LogP contribution is 2.38. The molecule has 7 heteroatoms. The summed E-state index contributed by atoms with van der Waals surface area (Å²) in [6.07, 6.45) is 5.56. The van der Waals surface area contributed by atoms with E-state index in [1.165, 1.54) is 12.1 Å². The molecule has 3 aromatic rings. The van der Waals surface area contributed by atoms with Gasteiger partial charge in [-0.1, -0.05) is 48.6 Å². The van der Waals surface area contributed by atoms with Crippen molar-refractivity contribution in [2.24, 2.45) is 5.14 Å². The molecule has 0 aliphatic rings. The van der Waals surface area contributed by atoms with Crippen LogP contribution in [0.4, 0.5) is 0 Å². The van der Waals surface area contributed by atoms with Gasteiger partial charge in [0, 0.05) is 6.54 Å². The molecule has 0 saturated carbocycles. The fourth-order valence-corrected chi connectivity index (χ4v) is 4.12. The lowest BCUT2D eigenvalue weighted by Crippen LogP contribution is -2.33. The van der Waals surface area contributed by atoms with Crippen LogP contribution in [0.3, 0.4) is 0 Å². The summed E-state index contributed by atoms with van der Waals surface area (Å²) in [5.41, 5.74) is 1.00. The van der Waals surface area contributed by atoms with Crippen molar-refractivity contribution in [2.75, 3.05) is 0 Å². The summed E-state index contributed by atoms with van der Waals surface area (Å²) in [5, 5.41) is 17.3. The van der Waals surface area contributed by atoms with E-state index in [1.807, 2.05) is 73.9 Å². The Bertz CT molecular complexity index is 1190. The molecule has 3 N–H and O–H groups in total. The normalized spacial score (nSPS) is 15.1. The Kier molecular flexibility index (Phi) is 5.75. The van der Waals surface area contributed by atoms with E-state index in [4.69, 9.17) is 10.1 Å². The monoisotopic (exact) mass is 411 g/mol. The minimum absolute atomic E-state index is 0.00844. The first kappa shape index (κ1) is 21.0. The third-order valence-corrected chi connectivity index (χ3v) is 5.87. The second kappa shape index (κ2) is 7.94. The second-order valence-electron chi connectivity index (χ2n) is 6.70. The maximum Gasteiger partial charge on any atom is 0.238 e. The zero-order valence-corrected chi connectivity index (χ0v) is 17.5. The molecule has 2 aromatic carbocycles. The molecular formula is C22H25N3O3S. The van der Waals surface area contributed by atoms with Crippen LogP contribution in [-0.4, -0.2) is 23.1 Å². The quantitative estimate of drug-likeness (QED) is 0.607. The number of primary sulfonamides is 1. The van der Waals surface area contributed by atoms with Crippen molar-refractivity contribution >= 4 is 21.1 Å². The minimum Gasteiger partial charge on any atom is -0.373 e. The molecule has 0 saturated heterocycles. The highest BCUT2D eigenvalue weighted by molar-refractivity contribution is 7.89. The van der Waals surface area contributed by atoms with E-state index < -0.39 is 15.6 Å². The molecule has 6 nitrogen and oxygen atoms in total. The Morgan fingerprint density at radius 1 is 1.21 bits per heavy atom. The summed E-state index contributed by atoms with van der Waals surface area (Å²) in [6.45, 7) is 6.16. The van der Waals surface area contributed by atoms with Crippen LogP contribution in [0.25, 0.3) is 11.0 Å². The van der Waals surface area contributed by atoms with Crippen LogP contribution in [0.15, 0.2) is 77.2 Å². The maximum atomic E-state index is 12.0. The van der Waals surface area contributed by atoms with Crippen LogP contribution in [0, 0.1) is 0 Å². The SMILES string of the molecule is CC=CC(=CC)C(O)(c1ccccc1)c1nc2ccc(S(N)(=O)=O)cc2n1CC. The standard InChI is InChI=1S/C22H25N3O3S/c1-4-10-16(5-2)22(26,17-11-8-7-9-12-17)21-24-19-14-13-18(29(23,27)28)15-20(19)25(21)6-3/h4-5,7-15,26H,6H2,1-3H3,(H2,23,27,28). The number of aryl methyl sites for hydroxylation is 1. The minimum atomic E-state index is -3.85. The summed E-state index contributed by atoms with van der Waals surface area (Å²) in [6, 6.07) is 13.9. The number of benzene rings is 2. The number of allylic oxidation sites excluding steroid dienone is 2. The van der Waals surface area contributed by atoms with Crippen molar-refractivity contribution < 1.29 is 13.5 Å². The van der Waals surface area contributed by atoms with E-state index in [0.29, 0.717) is 34.5 Å². The van der Waals surface area contributed by atoms with Crippen molar-refractivity contribution in [3.05, 3.63) is 83.7 Å². The molecule has 0 aliphatic heterocycles. The molecule has 1 unspecified atom stereocenters. The number of aromatic nitrogens is 2. The highest BCUT2D eigenvalue weighted by atomic mass is 32.2. The summed E-state index contributed by atoms with van der Waals surface area (Å²) in [5.74, 6) is 0.416. The van der Waals surface area contributed by atoms with Gasteiger partial charge in [-0.3, -0.25) is 0 Å². The van der Waals surface area contributed by atoms with E-state index in [-0.39, 0.29) is 4.90 Å². The maximum absolute atomic E-state index is 12.0. The summed E-state index contributed by atoms with van der Waals surface area (Å²) in [4.78, 5) is 4.72. The van der Waals surface area contributed by atoms with E-state index in [1.54, 1.807) is 6.07 Å². The van der Waals surface area contributed by atoms with Crippen molar-refractivity contribution in [1.82, 2.24) is 9.55 Å². The number of sulfonamides is 1. The molecular weight excluding hydrogens is 386 g/mol. The summed E-state index contributed by atoms with van der Waals surface area (Å²) >= 11 is 0. The zero-order valence-electron chi connectivity index (χ0n) is 16.7. The lowest BCUT2D eigenvalue weighted by molar-refractivity contribution is 0.111. The van der Waals surface area contributed by atoms with Gasteiger partial charge >= 0.3 is 0 Å². The van der Waals surface area contributed by atoms with Gasteiger partial charge in [-0.25, -0.2) is 18.5 Å². The number of aliphatic hydroxyl groups is 1. The molecule has 1 atom stereocenters. The number of nitrogens with two attached hydrogens (primary N) is 1. The molecule has 3 rings (SSSR count). The van der Waals surface area contributed by atoms with Gasteiger partial charge in [-0.05, 0) is 50.1 Å². The van der Waals surface area contributed by atoms with Gasteiger partial charge in [-0.15, -0.1) is 0 Å². The third-order valence-electron chi connectivity index (χ3n) is 4.95. The highest BCUT2D eigenvalue weighted by Gasteiger charge is 2.39. The Balaban J connectivity index is 2.40. The average Bonchev–Trinajstić information content (AvgIpc) is 3.09. The Labute approximate surface area is 171 Å². The molecule has 0 radical (unpaired) electrons. The van der Waals surface area contributed by atoms with E-state index in [2.05, 4.69) is 0 Å². The fraction of sp³-hybridized carbons (Fsp3) is 0.227. The first-order chi connectivity index (χ1) is 13.8. The van der Waals surface area contributed by atoms with Gasteiger partial charge in [0.2, 0.25) is 10.0 Å². The number of nitrogens with zero attached hydrogens (tertiary/aromatic N) is 2. The Morgan fingerprint density at radius 3 is 2.45 bits per heavy atom. The molecule has 0 amide bonds. The predicted octanol–water partition coefficient (Wildman–Crippen LogP) is 3.46. The smallest absolute Gasteiger partial charge is 0.238 e. The van der Waals surface area contributed by atoms with Gasteiger partial charge in [-0.2, -0.15) is 0 Å². The lowest BCUT2D eigenvalue weighted by Gasteiger charge is -2.30. The van der Waals surface area contributed by atoms with Gasteiger partial charge < -0.3 is 9.67 Å². The molecule has 1 aromatic heterocycles. The van der Waals surface area contributed by atoms with Gasteiger partial charge in [0.05, 0.1) is 15.9 Å².